The molecule has 0 radical (unpaired) electrons. The van der Waals surface area contributed by atoms with Crippen LogP contribution in [0.15, 0.2) is 18.2 Å². The minimum absolute atomic E-state index is 0.208. The molecule has 18 heavy (non-hydrogen) atoms. The van der Waals surface area contributed by atoms with Gasteiger partial charge in [-0.15, -0.1) is 0 Å². The molecule has 0 amide bonds. The summed E-state index contributed by atoms with van der Waals surface area (Å²) in [6.07, 6.45) is -3.84. The number of carbonyl (C=O) groups is 1. The van der Waals surface area contributed by atoms with Crippen molar-refractivity contribution in [2.45, 2.75) is 12.3 Å². The van der Waals surface area contributed by atoms with Gasteiger partial charge in [-0.05, 0) is 12.1 Å². The number of nitrogens with two attached hydrogens (primary N) is 1. The molecule has 0 saturated heterocycles. The van der Waals surface area contributed by atoms with Crippen molar-refractivity contribution in [3.05, 3.63) is 23.8 Å². The second-order valence-corrected chi connectivity index (χ2v) is 3.40. The number of hydrogen-bond acceptors (Lipinski definition) is 3. The minimum Gasteiger partial charge on any atom is -0.487 e. The van der Waals surface area contributed by atoms with E-state index in [1.807, 2.05) is 0 Å². The molecule has 4 nitrogen and oxygen atoms in total. The van der Waals surface area contributed by atoms with E-state index >= 15 is 0 Å². The van der Waals surface area contributed by atoms with E-state index < -0.39 is 24.9 Å². The molecule has 0 aliphatic carbocycles. The molecule has 100 valence electrons. The molecule has 1 aromatic rings. The zero-order valence-corrected chi connectivity index (χ0v) is 8.87. The van der Waals surface area contributed by atoms with Crippen LogP contribution in [0.3, 0.4) is 0 Å². The minimum atomic E-state index is -4.28. The first-order valence-corrected chi connectivity index (χ1v) is 4.65. The number of anilines is 1. The van der Waals surface area contributed by atoms with Crippen molar-refractivity contribution in [3.8, 4) is 5.75 Å². The molecule has 0 spiro atoms. The van der Waals surface area contributed by atoms with E-state index in [2.05, 4.69) is 4.74 Å². The monoisotopic (exact) mass is 267 g/mol. The fourth-order valence-electron chi connectivity index (χ4n) is 1.07. The Kier molecular flexibility index (Phi) is 4.00. The van der Waals surface area contributed by atoms with Gasteiger partial charge in [-0.1, -0.05) is 0 Å². The van der Waals surface area contributed by atoms with Crippen LogP contribution in [0.4, 0.5) is 23.2 Å². The van der Waals surface area contributed by atoms with Crippen molar-refractivity contribution in [2.75, 3.05) is 12.3 Å². The normalized spacial score (nSPS) is 11.6. The van der Waals surface area contributed by atoms with E-state index in [-0.39, 0.29) is 17.0 Å². The molecule has 0 bridgehead atoms. The summed E-state index contributed by atoms with van der Waals surface area (Å²) in [4.78, 5) is 10.6. The first-order chi connectivity index (χ1) is 8.24. The van der Waals surface area contributed by atoms with E-state index in [4.69, 9.17) is 10.8 Å². The van der Waals surface area contributed by atoms with Gasteiger partial charge in [0.15, 0.2) is 6.61 Å². The van der Waals surface area contributed by atoms with Crippen molar-refractivity contribution in [2.24, 2.45) is 0 Å². The van der Waals surface area contributed by atoms with Crippen LogP contribution in [0.1, 0.15) is 10.4 Å². The fourth-order valence-corrected chi connectivity index (χ4v) is 1.07. The highest BCUT2D eigenvalue weighted by molar-refractivity contribution is 5.93. The quantitative estimate of drug-likeness (QED) is 0.634. The number of carboxylic acid groups (broad SMARTS) is 1. The van der Waals surface area contributed by atoms with Crippen LogP contribution in [0.25, 0.3) is 0 Å². The fraction of sp³-hybridized carbons (Fsp3) is 0.300. The number of rotatable bonds is 5. The summed E-state index contributed by atoms with van der Waals surface area (Å²) in [5, 5.41) is 8.65. The SMILES string of the molecule is Nc1cc(OCC(F)(F)C(F)F)ccc1C(=O)O. The highest BCUT2D eigenvalue weighted by Crippen LogP contribution is 2.26. The van der Waals surface area contributed by atoms with Gasteiger partial charge in [-0.2, -0.15) is 8.78 Å². The van der Waals surface area contributed by atoms with Gasteiger partial charge < -0.3 is 15.6 Å². The third kappa shape index (κ3) is 3.25. The van der Waals surface area contributed by atoms with Crippen molar-refractivity contribution in [3.63, 3.8) is 0 Å². The molecule has 3 N–H and O–H groups in total. The van der Waals surface area contributed by atoms with Crippen LogP contribution in [0.2, 0.25) is 0 Å². The van der Waals surface area contributed by atoms with Crippen LogP contribution < -0.4 is 10.5 Å². The molecule has 0 atom stereocenters. The zero-order chi connectivity index (χ0) is 13.9. The molecule has 0 aromatic heterocycles. The Labute approximate surface area is 99.0 Å². The molecule has 0 aliphatic heterocycles. The number of benzene rings is 1. The largest absolute Gasteiger partial charge is 0.487 e. The van der Waals surface area contributed by atoms with Crippen LogP contribution in [-0.4, -0.2) is 30.0 Å². The van der Waals surface area contributed by atoms with Crippen molar-refractivity contribution in [1.29, 1.82) is 0 Å². The van der Waals surface area contributed by atoms with Crippen LogP contribution >= 0.6 is 0 Å². The highest BCUT2D eigenvalue weighted by Gasteiger charge is 2.41. The lowest BCUT2D eigenvalue weighted by Gasteiger charge is -2.16. The van der Waals surface area contributed by atoms with Gasteiger partial charge in [0.05, 0.1) is 5.56 Å². The molecule has 1 aromatic carbocycles. The molecule has 0 heterocycles. The Bertz CT molecular complexity index is 451. The van der Waals surface area contributed by atoms with Gasteiger partial charge in [0.25, 0.3) is 0 Å². The number of nitrogen functional groups attached to an aromatic ring is 1. The Balaban J connectivity index is 2.76. The van der Waals surface area contributed by atoms with Gasteiger partial charge in [-0.25, -0.2) is 13.6 Å². The Morgan fingerprint density at radius 1 is 1.44 bits per heavy atom. The van der Waals surface area contributed by atoms with Crippen LogP contribution in [-0.2, 0) is 0 Å². The molecule has 0 aliphatic rings. The first kappa shape index (κ1) is 14.1. The topological polar surface area (TPSA) is 72.5 Å². The number of carboxylic acids is 1. The predicted octanol–water partition coefficient (Wildman–Crippen LogP) is 2.25. The third-order valence-electron chi connectivity index (χ3n) is 2.00. The number of aromatic carboxylic acids is 1. The molecule has 8 heteroatoms. The van der Waals surface area contributed by atoms with Gasteiger partial charge in [0.2, 0.25) is 0 Å². The van der Waals surface area contributed by atoms with Crippen LogP contribution in [0, 0.1) is 0 Å². The van der Waals surface area contributed by atoms with E-state index in [1.54, 1.807) is 0 Å². The van der Waals surface area contributed by atoms with Crippen molar-refractivity contribution in [1.82, 2.24) is 0 Å². The van der Waals surface area contributed by atoms with Crippen LogP contribution in [0.5, 0.6) is 5.75 Å². The summed E-state index contributed by atoms with van der Waals surface area (Å²) in [6, 6.07) is 3.07. The maximum absolute atomic E-state index is 12.5. The Morgan fingerprint density at radius 3 is 2.50 bits per heavy atom. The maximum atomic E-state index is 12.5. The second-order valence-electron chi connectivity index (χ2n) is 3.40. The summed E-state index contributed by atoms with van der Waals surface area (Å²) in [6.45, 7) is -1.52. The average Bonchev–Trinajstić information content (AvgIpc) is 2.25. The lowest BCUT2D eigenvalue weighted by Crippen LogP contribution is -2.33. The lowest BCUT2D eigenvalue weighted by atomic mass is 10.2. The van der Waals surface area contributed by atoms with Crippen molar-refractivity contribution < 1.29 is 32.2 Å². The smallest absolute Gasteiger partial charge is 0.340 e. The summed E-state index contributed by atoms with van der Waals surface area (Å²) in [5.41, 5.74) is 4.88. The van der Waals surface area contributed by atoms with Gasteiger partial charge in [0, 0.05) is 11.8 Å². The first-order valence-electron chi connectivity index (χ1n) is 4.65. The third-order valence-corrected chi connectivity index (χ3v) is 2.00. The number of halogens is 4. The summed E-state index contributed by atoms with van der Waals surface area (Å²) in [5.74, 6) is -5.78. The Morgan fingerprint density at radius 2 is 2.06 bits per heavy atom. The second kappa shape index (κ2) is 5.11. The number of alkyl halides is 4. The highest BCUT2D eigenvalue weighted by atomic mass is 19.3. The maximum Gasteiger partial charge on any atom is 0.340 e. The van der Waals surface area contributed by atoms with E-state index in [1.165, 1.54) is 0 Å². The standard InChI is InChI=1S/C10H9F4NO3/c11-9(12)10(13,14)4-18-5-1-2-6(8(16)17)7(15)3-5/h1-3,9H,4,15H2,(H,16,17). The molecular formula is C10H9F4NO3. The summed E-state index contributed by atoms with van der Waals surface area (Å²) >= 11 is 0. The molecular weight excluding hydrogens is 258 g/mol. The van der Waals surface area contributed by atoms with Gasteiger partial charge in [0.1, 0.15) is 5.75 Å². The number of ether oxygens (including phenoxy) is 1. The number of hydrogen-bond donors (Lipinski definition) is 2. The molecule has 0 fully saturated rings. The van der Waals surface area contributed by atoms with Gasteiger partial charge in [-0.3, -0.25) is 0 Å². The van der Waals surface area contributed by atoms with E-state index in [0.717, 1.165) is 18.2 Å². The van der Waals surface area contributed by atoms with E-state index in [0.29, 0.717) is 0 Å². The van der Waals surface area contributed by atoms with Crippen molar-refractivity contribution >= 4 is 11.7 Å². The predicted molar refractivity (Wildman–Crippen MR) is 54.3 cm³/mol. The summed E-state index contributed by atoms with van der Waals surface area (Å²) < 4.78 is 53.2. The lowest BCUT2D eigenvalue weighted by molar-refractivity contribution is -0.148. The van der Waals surface area contributed by atoms with E-state index in [9.17, 15) is 22.4 Å². The zero-order valence-electron chi connectivity index (χ0n) is 8.87. The van der Waals surface area contributed by atoms with Gasteiger partial charge >= 0.3 is 18.3 Å². The summed E-state index contributed by atoms with van der Waals surface area (Å²) in [7, 11) is 0. The molecule has 0 unspecified atom stereocenters. The molecule has 0 saturated carbocycles. The Hall–Kier alpha value is -1.99. The average molecular weight is 267 g/mol. The molecule has 1 rings (SSSR count).